The van der Waals surface area contributed by atoms with Crippen molar-refractivity contribution in [2.75, 3.05) is 19.0 Å². The number of methoxy groups -OCH3 is 1. The molecular formula is C17H19ClN2O2. The second-order valence-corrected chi connectivity index (χ2v) is 5.15. The third-order valence-electron chi connectivity index (χ3n) is 3.22. The Bertz CT molecular complexity index is 632. The molecule has 1 amide bonds. The highest BCUT2D eigenvalue weighted by molar-refractivity contribution is 6.32. The quantitative estimate of drug-likeness (QED) is 0.855. The molecule has 0 spiro atoms. The van der Waals surface area contributed by atoms with E-state index >= 15 is 0 Å². The number of anilines is 1. The fraction of sp³-hybridized carbons (Fsp3) is 0.235. The van der Waals surface area contributed by atoms with Crippen LogP contribution < -0.4 is 15.4 Å². The van der Waals surface area contributed by atoms with E-state index in [-0.39, 0.29) is 5.91 Å². The van der Waals surface area contributed by atoms with Crippen molar-refractivity contribution < 1.29 is 9.53 Å². The summed E-state index contributed by atoms with van der Waals surface area (Å²) in [4.78, 5) is 12.5. The molecule has 2 aromatic rings. The van der Waals surface area contributed by atoms with Gasteiger partial charge in [0.15, 0.2) is 0 Å². The maximum atomic E-state index is 12.5. The Kier molecular flexibility index (Phi) is 5.81. The van der Waals surface area contributed by atoms with Gasteiger partial charge < -0.3 is 15.4 Å². The van der Waals surface area contributed by atoms with Gasteiger partial charge >= 0.3 is 0 Å². The number of carbonyl (C=O) groups excluding carboxylic acids is 1. The van der Waals surface area contributed by atoms with Crippen LogP contribution in [0.1, 0.15) is 18.5 Å². The zero-order valence-corrected chi connectivity index (χ0v) is 13.4. The number of benzene rings is 2. The molecule has 0 heterocycles. The number of amides is 1. The molecule has 0 aliphatic carbocycles. The van der Waals surface area contributed by atoms with Crippen LogP contribution in [-0.4, -0.2) is 19.6 Å². The van der Waals surface area contributed by atoms with Gasteiger partial charge in [0.1, 0.15) is 11.8 Å². The van der Waals surface area contributed by atoms with E-state index in [2.05, 4.69) is 10.6 Å². The Morgan fingerprint density at radius 2 is 1.95 bits per heavy atom. The maximum absolute atomic E-state index is 12.5. The molecular weight excluding hydrogens is 300 g/mol. The Hall–Kier alpha value is -2.04. The van der Waals surface area contributed by atoms with Gasteiger partial charge in [0, 0.05) is 5.69 Å². The van der Waals surface area contributed by atoms with Gasteiger partial charge in [-0.05, 0) is 30.3 Å². The Balaban J connectivity index is 2.16. The van der Waals surface area contributed by atoms with Gasteiger partial charge in [-0.2, -0.15) is 0 Å². The first kappa shape index (κ1) is 16.3. The van der Waals surface area contributed by atoms with E-state index in [1.54, 1.807) is 25.3 Å². The van der Waals surface area contributed by atoms with Crippen molar-refractivity contribution >= 4 is 23.2 Å². The fourth-order valence-corrected chi connectivity index (χ4v) is 2.43. The Morgan fingerprint density at radius 3 is 2.55 bits per heavy atom. The second kappa shape index (κ2) is 7.82. The monoisotopic (exact) mass is 318 g/mol. The molecule has 0 radical (unpaired) electrons. The van der Waals surface area contributed by atoms with Crippen LogP contribution in [0.3, 0.4) is 0 Å². The van der Waals surface area contributed by atoms with Crippen molar-refractivity contribution in [2.24, 2.45) is 0 Å². The molecule has 2 rings (SSSR count). The standard InChI is InChI=1S/C17H19ClN2O2/c1-3-19-16(12-7-5-4-6-8-12)17(21)20-13-9-10-15(22-2)14(18)11-13/h4-11,16,19H,3H2,1-2H3,(H,20,21). The largest absolute Gasteiger partial charge is 0.495 e. The van der Waals surface area contributed by atoms with Gasteiger partial charge in [-0.3, -0.25) is 4.79 Å². The van der Waals surface area contributed by atoms with Gasteiger partial charge in [0.25, 0.3) is 0 Å². The van der Waals surface area contributed by atoms with Crippen molar-refractivity contribution in [3.63, 3.8) is 0 Å². The number of halogens is 1. The van der Waals surface area contributed by atoms with Crippen LogP contribution in [0.2, 0.25) is 5.02 Å². The SMILES string of the molecule is CCNC(C(=O)Nc1ccc(OC)c(Cl)c1)c1ccccc1. The zero-order chi connectivity index (χ0) is 15.9. The van der Waals surface area contributed by atoms with E-state index in [1.165, 1.54) is 0 Å². The van der Waals surface area contributed by atoms with E-state index in [0.717, 1.165) is 5.56 Å². The molecule has 0 saturated heterocycles. The average Bonchev–Trinajstić information content (AvgIpc) is 2.53. The predicted octanol–water partition coefficient (Wildman–Crippen LogP) is 3.64. The van der Waals surface area contributed by atoms with Gasteiger partial charge in [-0.15, -0.1) is 0 Å². The molecule has 0 saturated carbocycles. The van der Waals surface area contributed by atoms with Crippen LogP contribution in [-0.2, 0) is 4.79 Å². The number of ether oxygens (including phenoxy) is 1. The minimum atomic E-state index is -0.410. The van der Waals surface area contributed by atoms with Gasteiger partial charge in [-0.1, -0.05) is 48.9 Å². The Labute approximate surface area is 135 Å². The summed E-state index contributed by atoms with van der Waals surface area (Å²) >= 11 is 6.08. The number of carbonyl (C=O) groups is 1. The maximum Gasteiger partial charge on any atom is 0.246 e. The number of hydrogen-bond donors (Lipinski definition) is 2. The van der Waals surface area contributed by atoms with E-state index in [4.69, 9.17) is 16.3 Å². The molecule has 0 aliphatic rings. The van der Waals surface area contributed by atoms with Crippen molar-refractivity contribution in [1.82, 2.24) is 5.32 Å². The summed E-state index contributed by atoms with van der Waals surface area (Å²) in [5, 5.41) is 6.52. The Morgan fingerprint density at radius 1 is 1.23 bits per heavy atom. The van der Waals surface area contributed by atoms with Crippen LogP contribution in [0.5, 0.6) is 5.75 Å². The van der Waals surface area contributed by atoms with Crippen molar-refractivity contribution in [3.05, 3.63) is 59.1 Å². The summed E-state index contributed by atoms with van der Waals surface area (Å²) in [6.45, 7) is 2.66. The minimum absolute atomic E-state index is 0.130. The third kappa shape index (κ3) is 4.00. The highest BCUT2D eigenvalue weighted by Crippen LogP contribution is 2.27. The molecule has 2 N–H and O–H groups in total. The molecule has 2 aromatic carbocycles. The first-order valence-electron chi connectivity index (χ1n) is 7.08. The first-order valence-corrected chi connectivity index (χ1v) is 7.46. The van der Waals surface area contributed by atoms with Crippen molar-refractivity contribution in [3.8, 4) is 5.75 Å². The number of likely N-dealkylation sites (N-methyl/N-ethyl adjacent to an activating group) is 1. The summed E-state index contributed by atoms with van der Waals surface area (Å²) in [5.74, 6) is 0.445. The van der Waals surface area contributed by atoms with E-state index in [1.807, 2.05) is 37.3 Å². The smallest absolute Gasteiger partial charge is 0.246 e. The third-order valence-corrected chi connectivity index (χ3v) is 3.52. The van der Waals surface area contributed by atoms with E-state index in [0.29, 0.717) is 23.0 Å². The lowest BCUT2D eigenvalue weighted by Gasteiger charge is -2.18. The lowest BCUT2D eigenvalue weighted by Crippen LogP contribution is -2.32. The predicted molar refractivity (Wildman–Crippen MR) is 89.5 cm³/mol. The van der Waals surface area contributed by atoms with Gasteiger partial charge in [0.2, 0.25) is 5.91 Å². The minimum Gasteiger partial charge on any atom is -0.495 e. The number of rotatable bonds is 6. The number of hydrogen-bond acceptors (Lipinski definition) is 3. The molecule has 5 heteroatoms. The summed E-state index contributed by atoms with van der Waals surface area (Å²) < 4.78 is 5.10. The molecule has 0 bridgehead atoms. The summed E-state index contributed by atoms with van der Waals surface area (Å²) in [5.41, 5.74) is 1.55. The number of nitrogens with one attached hydrogen (secondary N) is 2. The van der Waals surface area contributed by atoms with Crippen molar-refractivity contribution in [1.29, 1.82) is 0 Å². The lowest BCUT2D eigenvalue weighted by molar-refractivity contribution is -0.118. The normalized spacial score (nSPS) is 11.8. The second-order valence-electron chi connectivity index (χ2n) is 4.74. The average molecular weight is 319 g/mol. The zero-order valence-electron chi connectivity index (χ0n) is 12.6. The molecule has 0 aromatic heterocycles. The van der Waals surface area contributed by atoms with Crippen molar-refractivity contribution in [2.45, 2.75) is 13.0 Å². The van der Waals surface area contributed by atoms with Crippen LogP contribution in [0.4, 0.5) is 5.69 Å². The van der Waals surface area contributed by atoms with Gasteiger partial charge in [-0.25, -0.2) is 0 Å². The van der Waals surface area contributed by atoms with Crippen LogP contribution in [0.15, 0.2) is 48.5 Å². The van der Waals surface area contributed by atoms with Gasteiger partial charge in [0.05, 0.1) is 12.1 Å². The molecule has 0 aliphatic heterocycles. The first-order chi connectivity index (χ1) is 10.7. The molecule has 4 nitrogen and oxygen atoms in total. The fourth-order valence-electron chi connectivity index (χ4n) is 2.17. The molecule has 1 atom stereocenters. The highest BCUT2D eigenvalue weighted by Gasteiger charge is 2.19. The summed E-state index contributed by atoms with van der Waals surface area (Å²) in [7, 11) is 1.55. The highest BCUT2D eigenvalue weighted by atomic mass is 35.5. The summed E-state index contributed by atoms with van der Waals surface area (Å²) in [6.07, 6.45) is 0. The van der Waals surface area contributed by atoms with E-state index < -0.39 is 6.04 Å². The molecule has 22 heavy (non-hydrogen) atoms. The topological polar surface area (TPSA) is 50.4 Å². The van der Waals surface area contributed by atoms with Crippen LogP contribution >= 0.6 is 11.6 Å². The molecule has 0 fully saturated rings. The molecule has 116 valence electrons. The lowest BCUT2D eigenvalue weighted by atomic mass is 10.1. The van der Waals surface area contributed by atoms with Crippen LogP contribution in [0, 0.1) is 0 Å². The van der Waals surface area contributed by atoms with Crippen LogP contribution in [0.25, 0.3) is 0 Å². The van der Waals surface area contributed by atoms with E-state index in [9.17, 15) is 4.79 Å². The summed E-state index contributed by atoms with van der Waals surface area (Å²) in [6, 6.07) is 14.3. The molecule has 1 unspecified atom stereocenters.